The van der Waals surface area contributed by atoms with E-state index in [9.17, 15) is 0 Å². The minimum Gasteiger partial charge on any atom is -0.0888 e. The lowest BCUT2D eigenvalue weighted by molar-refractivity contribution is 0.423. The van der Waals surface area contributed by atoms with Crippen molar-refractivity contribution >= 4 is 15.9 Å². The summed E-state index contributed by atoms with van der Waals surface area (Å²) in [7, 11) is 0. The Labute approximate surface area is 113 Å². The molecule has 0 nitrogen and oxygen atoms in total. The van der Waals surface area contributed by atoms with Gasteiger partial charge in [-0.1, -0.05) is 41.1 Å². The summed E-state index contributed by atoms with van der Waals surface area (Å²) in [6, 6.07) is 7.23. The molecule has 0 radical (unpaired) electrons. The van der Waals surface area contributed by atoms with Crippen LogP contribution in [0.25, 0.3) is 0 Å². The van der Waals surface area contributed by atoms with E-state index in [0.29, 0.717) is 0 Å². The minimum absolute atomic E-state index is 0.752. The van der Waals surface area contributed by atoms with Gasteiger partial charge in [-0.2, -0.15) is 0 Å². The number of fused-ring (bicyclic) bond motifs is 1. The van der Waals surface area contributed by atoms with E-state index in [2.05, 4.69) is 41.1 Å². The molecule has 1 saturated carbocycles. The molecular formula is C16H21Br. The van der Waals surface area contributed by atoms with Gasteiger partial charge in [-0.3, -0.25) is 0 Å². The lowest BCUT2D eigenvalue weighted by Gasteiger charge is -2.17. The zero-order chi connectivity index (χ0) is 11.8. The van der Waals surface area contributed by atoms with E-state index in [4.69, 9.17) is 0 Å². The first-order valence-electron chi connectivity index (χ1n) is 6.99. The fourth-order valence-electron chi connectivity index (χ4n) is 3.54. The largest absolute Gasteiger partial charge is 0.0888 e. The topological polar surface area (TPSA) is 0 Å². The van der Waals surface area contributed by atoms with Gasteiger partial charge in [0.25, 0.3) is 0 Å². The maximum Gasteiger partial charge on any atom is 0.0174 e. The lowest BCUT2D eigenvalue weighted by Crippen LogP contribution is -2.13. The van der Waals surface area contributed by atoms with Crippen LogP contribution < -0.4 is 0 Å². The van der Waals surface area contributed by atoms with Crippen LogP contribution in [0.3, 0.4) is 0 Å². The molecule has 0 heterocycles. The van der Waals surface area contributed by atoms with E-state index in [-0.39, 0.29) is 0 Å². The lowest BCUT2D eigenvalue weighted by atomic mass is 9.90. The van der Waals surface area contributed by atoms with Crippen molar-refractivity contribution in [2.75, 3.05) is 0 Å². The molecule has 0 N–H and O–H groups in total. The Morgan fingerprint density at radius 1 is 1.18 bits per heavy atom. The van der Waals surface area contributed by atoms with Crippen molar-refractivity contribution in [3.8, 4) is 0 Å². The highest BCUT2D eigenvalue weighted by Gasteiger charge is 2.30. The smallest absolute Gasteiger partial charge is 0.0174 e. The molecule has 0 saturated heterocycles. The van der Waals surface area contributed by atoms with Gasteiger partial charge in [0.15, 0.2) is 0 Å². The molecule has 17 heavy (non-hydrogen) atoms. The van der Waals surface area contributed by atoms with Gasteiger partial charge < -0.3 is 0 Å². The van der Waals surface area contributed by atoms with Crippen LogP contribution in [0.15, 0.2) is 18.2 Å². The van der Waals surface area contributed by atoms with Crippen LogP contribution in [0, 0.1) is 11.8 Å². The van der Waals surface area contributed by atoms with E-state index in [1.807, 2.05) is 0 Å². The fraction of sp³-hybridized carbons (Fsp3) is 0.625. The molecular weight excluding hydrogens is 272 g/mol. The number of rotatable bonds is 2. The van der Waals surface area contributed by atoms with Gasteiger partial charge in [0.05, 0.1) is 0 Å². The van der Waals surface area contributed by atoms with Gasteiger partial charge in [0.2, 0.25) is 0 Å². The van der Waals surface area contributed by atoms with Crippen LogP contribution in [0.4, 0.5) is 0 Å². The Balaban J connectivity index is 1.73. The van der Waals surface area contributed by atoms with Crippen molar-refractivity contribution in [1.82, 2.24) is 0 Å². The normalized spacial score (nSPS) is 31.8. The average Bonchev–Trinajstić information content (AvgIpc) is 2.90. The van der Waals surface area contributed by atoms with Crippen LogP contribution in [-0.2, 0) is 19.3 Å². The van der Waals surface area contributed by atoms with Crippen molar-refractivity contribution in [3.05, 3.63) is 34.9 Å². The molecule has 3 atom stereocenters. The molecule has 0 aromatic heterocycles. The summed E-state index contributed by atoms with van der Waals surface area (Å²) in [5, 5.41) is 0. The number of benzene rings is 1. The molecule has 1 aromatic rings. The van der Waals surface area contributed by atoms with Gasteiger partial charge in [0, 0.05) is 4.83 Å². The van der Waals surface area contributed by atoms with Crippen LogP contribution in [0.1, 0.15) is 42.9 Å². The summed E-state index contributed by atoms with van der Waals surface area (Å²) in [5.74, 6) is 1.72. The second kappa shape index (κ2) is 4.76. The van der Waals surface area contributed by atoms with Crippen LogP contribution in [0.2, 0.25) is 0 Å². The maximum atomic E-state index is 3.81. The third-order valence-corrected chi connectivity index (χ3v) is 6.08. The number of alkyl halides is 1. The van der Waals surface area contributed by atoms with E-state index in [1.165, 1.54) is 38.5 Å². The highest BCUT2D eigenvalue weighted by atomic mass is 79.9. The third kappa shape index (κ3) is 2.31. The molecule has 2 aliphatic rings. The minimum atomic E-state index is 0.752. The molecule has 0 aliphatic heterocycles. The van der Waals surface area contributed by atoms with Crippen LogP contribution in [0.5, 0.6) is 0 Å². The summed E-state index contributed by atoms with van der Waals surface area (Å²) >= 11 is 3.81. The predicted molar refractivity (Wildman–Crippen MR) is 76.8 cm³/mol. The summed E-state index contributed by atoms with van der Waals surface area (Å²) in [6.07, 6.45) is 8.02. The van der Waals surface area contributed by atoms with Gasteiger partial charge in [-0.25, -0.2) is 0 Å². The number of hydrogen-bond acceptors (Lipinski definition) is 0. The molecule has 1 fully saturated rings. The first kappa shape index (κ1) is 11.8. The van der Waals surface area contributed by atoms with Crippen molar-refractivity contribution in [1.29, 1.82) is 0 Å². The molecule has 3 rings (SSSR count). The number of halogens is 1. The summed E-state index contributed by atoms with van der Waals surface area (Å²) in [6.45, 7) is 2.41. The Hall–Kier alpha value is -0.300. The quantitative estimate of drug-likeness (QED) is 0.703. The third-order valence-electron chi connectivity index (χ3n) is 4.79. The van der Waals surface area contributed by atoms with Crippen molar-refractivity contribution in [3.63, 3.8) is 0 Å². The van der Waals surface area contributed by atoms with Crippen molar-refractivity contribution in [2.45, 2.75) is 50.3 Å². The molecule has 92 valence electrons. The SMILES string of the molecule is CC1C(Br)CCC1Cc1ccc2c(c1)CCC2. The van der Waals surface area contributed by atoms with E-state index < -0.39 is 0 Å². The standard InChI is InChI=1S/C16H21Br/c1-11-14(7-8-16(11)17)9-12-5-6-13-3-2-4-15(13)10-12/h5-6,10-11,14,16H,2-4,7-9H2,1H3. The molecule has 2 aliphatic carbocycles. The summed E-state index contributed by atoms with van der Waals surface area (Å²) in [5.41, 5.74) is 4.80. The van der Waals surface area contributed by atoms with Crippen LogP contribution >= 0.6 is 15.9 Å². The van der Waals surface area contributed by atoms with E-state index >= 15 is 0 Å². The summed E-state index contributed by atoms with van der Waals surface area (Å²) in [4.78, 5) is 0.752. The highest BCUT2D eigenvalue weighted by Crippen LogP contribution is 2.38. The average molecular weight is 293 g/mol. The maximum absolute atomic E-state index is 3.81. The second-order valence-electron chi connectivity index (χ2n) is 5.87. The predicted octanol–water partition coefficient (Wildman–Crippen LogP) is 4.53. The highest BCUT2D eigenvalue weighted by molar-refractivity contribution is 9.09. The van der Waals surface area contributed by atoms with Gasteiger partial charge in [-0.15, -0.1) is 0 Å². The zero-order valence-electron chi connectivity index (χ0n) is 10.6. The second-order valence-corrected chi connectivity index (χ2v) is 7.05. The molecule has 0 spiro atoms. The number of hydrogen-bond donors (Lipinski definition) is 0. The first-order chi connectivity index (χ1) is 8.24. The molecule has 0 amide bonds. The Kier molecular flexibility index (Phi) is 3.30. The van der Waals surface area contributed by atoms with E-state index in [0.717, 1.165) is 16.7 Å². The first-order valence-corrected chi connectivity index (χ1v) is 7.90. The summed E-state index contributed by atoms with van der Waals surface area (Å²) < 4.78 is 0. The van der Waals surface area contributed by atoms with Crippen molar-refractivity contribution < 1.29 is 0 Å². The monoisotopic (exact) mass is 292 g/mol. The van der Waals surface area contributed by atoms with Gasteiger partial charge in [0.1, 0.15) is 0 Å². The Bertz CT molecular complexity index is 410. The zero-order valence-corrected chi connectivity index (χ0v) is 12.2. The van der Waals surface area contributed by atoms with Crippen LogP contribution in [-0.4, -0.2) is 4.83 Å². The van der Waals surface area contributed by atoms with Crippen molar-refractivity contribution in [2.24, 2.45) is 11.8 Å². The van der Waals surface area contributed by atoms with Gasteiger partial charge in [-0.05, 0) is 67.1 Å². The Morgan fingerprint density at radius 2 is 2.00 bits per heavy atom. The fourth-order valence-corrected chi connectivity index (χ4v) is 4.23. The number of aryl methyl sites for hydroxylation is 2. The molecule has 1 heteroatoms. The molecule has 0 bridgehead atoms. The van der Waals surface area contributed by atoms with Gasteiger partial charge >= 0.3 is 0 Å². The Morgan fingerprint density at radius 3 is 2.76 bits per heavy atom. The van der Waals surface area contributed by atoms with E-state index in [1.54, 1.807) is 16.7 Å². The molecule has 3 unspecified atom stereocenters. The molecule has 1 aromatic carbocycles.